The fourth-order valence-electron chi connectivity index (χ4n) is 4.41. The predicted molar refractivity (Wildman–Crippen MR) is 143 cm³/mol. The smallest absolute Gasteiger partial charge is 0.249 e. The molecule has 37 heavy (non-hydrogen) atoms. The zero-order chi connectivity index (χ0) is 26.5. The molecule has 0 aliphatic heterocycles. The quantitative estimate of drug-likeness (QED) is 0.345. The van der Waals surface area contributed by atoms with E-state index in [1.54, 1.807) is 12.1 Å². The second-order valence-electron chi connectivity index (χ2n) is 9.77. The molecule has 1 heterocycles. The molecule has 2 amide bonds. The molecule has 1 atom stereocenters. The van der Waals surface area contributed by atoms with Crippen LogP contribution in [0.25, 0.3) is 11.0 Å². The summed E-state index contributed by atoms with van der Waals surface area (Å²) < 4.78 is 15.4. The highest BCUT2D eigenvalue weighted by Gasteiger charge is 2.33. The van der Waals surface area contributed by atoms with Crippen LogP contribution in [-0.2, 0) is 16.1 Å². The summed E-state index contributed by atoms with van der Waals surface area (Å²) in [5.74, 6) is -0.680. The molecule has 0 saturated carbocycles. The Morgan fingerprint density at radius 1 is 1.00 bits per heavy atom. The molecular formula is C29H32FN5O2. The van der Waals surface area contributed by atoms with Crippen LogP contribution in [0, 0.1) is 25.6 Å². The lowest BCUT2D eigenvalue weighted by molar-refractivity contribution is -0.127. The second kappa shape index (κ2) is 11.3. The number of aryl methyl sites for hydroxylation is 2. The van der Waals surface area contributed by atoms with Gasteiger partial charge in [-0.2, -0.15) is 0 Å². The third-order valence-corrected chi connectivity index (χ3v) is 6.17. The summed E-state index contributed by atoms with van der Waals surface area (Å²) in [6, 6.07) is 17.9. The summed E-state index contributed by atoms with van der Waals surface area (Å²) in [7, 11) is 0. The minimum Gasteiger partial charge on any atom is -0.354 e. The number of fused-ring (bicyclic) bond motifs is 1. The van der Waals surface area contributed by atoms with E-state index in [0.29, 0.717) is 29.2 Å². The van der Waals surface area contributed by atoms with Crippen LogP contribution in [0.1, 0.15) is 43.0 Å². The SMILES string of the molecule is Cc1cc(C)cc(N(C(=O)Cn2nnc3ccccc32)[C@@H](C(=O)NCCC(C)C)c2ccc(F)cc2)c1. The maximum atomic E-state index is 14.0. The second-order valence-corrected chi connectivity index (χ2v) is 9.77. The summed E-state index contributed by atoms with van der Waals surface area (Å²) in [4.78, 5) is 29.2. The van der Waals surface area contributed by atoms with E-state index >= 15 is 0 Å². The largest absolute Gasteiger partial charge is 0.354 e. The van der Waals surface area contributed by atoms with Gasteiger partial charge in [-0.25, -0.2) is 9.07 Å². The van der Waals surface area contributed by atoms with Gasteiger partial charge in [0, 0.05) is 12.2 Å². The van der Waals surface area contributed by atoms with Crippen molar-refractivity contribution >= 4 is 28.5 Å². The molecule has 1 N–H and O–H groups in total. The maximum Gasteiger partial charge on any atom is 0.249 e. The number of hydrogen-bond acceptors (Lipinski definition) is 4. The molecule has 0 bridgehead atoms. The van der Waals surface area contributed by atoms with E-state index in [0.717, 1.165) is 23.1 Å². The van der Waals surface area contributed by atoms with Crippen molar-refractivity contribution in [1.82, 2.24) is 20.3 Å². The van der Waals surface area contributed by atoms with Gasteiger partial charge in [0.05, 0.1) is 5.52 Å². The van der Waals surface area contributed by atoms with Crippen molar-refractivity contribution in [2.45, 2.75) is 46.7 Å². The standard InChI is InChI=1S/C29H32FN5O2/c1-19(2)13-14-31-29(37)28(22-9-11-23(30)12-10-22)35(24-16-20(3)15-21(4)17-24)27(36)18-34-26-8-6-5-7-25(26)32-33-34/h5-12,15-17,19,28H,13-14,18H2,1-4H3,(H,31,37)/t28-/m1/s1. The average molecular weight is 502 g/mol. The Kier molecular flexibility index (Phi) is 7.96. The van der Waals surface area contributed by atoms with Crippen LogP contribution in [0.15, 0.2) is 66.7 Å². The fourth-order valence-corrected chi connectivity index (χ4v) is 4.41. The van der Waals surface area contributed by atoms with E-state index in [1.165, 1.54) is 21.7 Å². The molecular weight excluding hydrogens is 469 g/mol. The Bertz CT molecular complexity index is 1380. The van der Waals surface area contributed by atoms with Crippen molar-refractivity contribution in [3.8, 4) is 0 Å². The highest BCUT2D eigenvalue weighted by molar-refractivity contribution is 6.01. The van der Waals surface area contributed by atoms with Crippen molar-refractivity contribution in [3.05, 3.63) is 89.2 Å². The monoisotopic (exact) mass is 501 g/mol. The lowest BCUT2D eigenvalue weighted by Gasteiger charge is -2.32. The van der Waals surface area contributed by atoms with Crippen molar-refractivity contribution in [2.24, 2.45) is 5.92 Å². The van der Waals surface area contributed by atoms with Gasteiger partial charge in [-0.15, -0.1) is 5.10 Å². The van der Waals surface area contributed by atoms with Crippen molar-refractivity contribution in [2.75, 3.05) is 11.4 Å². The lowest BCUT2D eigenvalue weighted by atomic mass is 10.0. The van der Waals surface area contributed by atoms with Gasteiger partial charge in [0.2, 0.25) is 11.8 Å². The number of hydrogen-bond donors (Lipinski definition) is 1. The first-order chi connectivity index (χ1) is 17.7. The van der Waals surface area contributed by atoms with Crippen LogP contribution in [0.3, 0.4) is 0 Å². The number of anilines is 1. The Morgan fingerprint density at radius 2 is 1.68 bits per heavy atom. The Labute approximate surface area is 216 Å². The molecule has 4 rings (SSSR count). The molecule has 0 radical (unpaired) electrons. The Morgan fingerprint density at radius 3 is 2.35 bits per heavy atom. The van der Waals surface area contributed by atoms with Crippen LogP contribution in [0.5, 0.6) is 0 Å². The zero-order valence-electron chi connectivity index (χ0n) is 21.6. The third-order valence-electron chi connectivity index (χ3n) is 6.17. The van der Waals surface area contributed by atoms with E-state index < -0.39 is 11.9 Å². The molecule has 8 heteroatoms. The van der Waals surface area contributed by atoms with E-state index in [2.05, 4.69) is 29.5 Å². The molecule has 3 aromatic carbocycles. The number of carbonyl (C=O) groups excluding carboxylic acids is 2. The molecule has 0 spiro atoms. The van der Waals surface area contributed by atoms with Gasteiger partial charge >= 0.3 is 0 Å². The van der Waals surface area contributed by atoms with E-state index in [9.17, 15) is 14.0 Å². The molecule has 0 aliphatic rings. The normalized spacial score (nSPS) is 12.1. The molecule has 7 nitrogen and oxygen atoms in total. The first-order valence-corrected chi connectivity index (χ1v) is 12.4. The number of carbonyl (C=O) groups is 2. The number of para-hydroxylation sites is 1. The average Bonchev–Trinajstić information content (AvgIpc) is 3.25. The zero-order valence-corrected chi connectivity index (χ0v) is 21.6. The maximum absolute atomic E-state index is 14.0. The van der Waals surface area contributed by atoms with Gasteiger partial charge in [-0.05, 0) is 79.3 Å². The van der Waals surface area contributed by atoms with E-state index in [4.69, 9.17) is 0 Å². The molecule has 0 saturated heterocycles. The minimum absolute atomic E-state index is 0.121. The van der Waals surface area contributed by atoms with Crippen LogP contribution in [0.4, 0.5) is 10.1 Å². The number of aromatic nitrogens is 3. The summed E-state index contributed by atoms with van der Waals surface area (Å²) in [5, 5.41) is 11.3. The van der Waals surface area contributed by atoms with Crippen LogP contribution < -0.4 is 10.2 Å². The van der Waals surface area contributed by atoms with Crippen molar-refractivity contribution in [3.63, 3.8) is 0 Å². The molecule has 192 valence electrons. The van der Waals surface area contributed by atoms with Gasteiger partial charge in [-0.1, -0.05) is 49.4 Å². The van der Waals surface area contributed by atoms with Gasteiger partial charge in [0.15, 0.2) is 0 Å². The molecule has 0 unspecified atom stereocenters. The number of nitrogens with zero attached hydrogens (tertiary/aromatic N) is 4. The van der Waals surface area contributed by atoms with Gasteiger partial charge in [0.1, 0.15) is 23.9 Å². The van der Waals surface area contributed by atoms with Gasteiger partial charge in [0.25, 0.3) is 0 Å². The topological polar surface area (TPSA) is 80.1 Å². The highest BCUT2D eigenvalue weighted by Crippen LogP contribution is 2.30. The summed E-state index contributed by atoms with van der Waals surface area (Å²) in [5.41, 5.74) is 4.40. The Balaban J connectivity index is 1.79. The molecule has 0 fully saturated rings. The number of rotatable bonds is 9. The number of benzene rings is 3. The summed E-state index contributed by atoms with van der Waals surface area (Å²) in [6.45, 7) is 8.40. The fraction of sp³-hybridized carbons (Fsp3) is 0.310. The number of amides is 2. The Hall–Kier alpha value is -4.07. The van der Waals surface area contributed by atoms with Crippen molar-refractivity contribution < 1.29 is 14.0 Å². The van der Waals surface area contributed by atoms with E-state index in [1.807, 2.05) is 56.3 Å². The van der Waals surface area contributed by atoms with E-state index in [-0.39, 0.29) is 18.4 Å². The van der Waals surface area contributed by atoms with Gasteiger partial charge in [-0.3, -0.25) is 14.5 Å². The van der Waals surface area contributed by atoms with Crippen LogP contribution in [-0.4, -0.2) is 33.4 Å². The lowest BCUT2D eigenvalue weighted by Crippen LogP contribution is -2.45. The van der Waals surface area contributed by atoms with Crippen molar-refractivity contribution in [1.29, 1.82) is 0 Å². The third kappa shape index (κ3) is 6.20. The molecule has 4 aromatic rings. The summed E-state index contributed by atoms with van der Waals surface area (Å²) >= 11 is 0. The minimum atomic E-state index is -1.00. The molecule has 0 aliphatic carbocycles. The summed E-state index contributed by atoms with van der Waals surface area (Å²) in [6.07, 6.45) is 0.796. The van der Waals surface area contributed by atoms with Crippen LogP contribution in [0.2, 0.25) is 0 Å². The first kappa shape index (κ1) is 26.0. The predicted octanol–water partition coefficient (Wildman–Crippen LogP) is 5.12. The number of halogens is 1. The highest BCUT2D eigenvalue weighted by atomic mass is 19.1. The molecule has 1 aromatic heterocycles. The van der Waals surface area contributed by atoms with Crippen LogP contribution >= 0.6 is 0 Å². The first-order valence-electron chi connectivity index (χ1n) is 12.4. The van der Waals surface area contributed by atoms with Gasteiger partial charge < -0.3 is 5.32 Å². The number of nitrogens with one attached hydrogen (secondary N) is 1.